The van der Waals surface area contributed by atoms with Gasteiger partial charge in [0, 0.05) is 30.0 Å². The maximum Gasteiger partial charge on any atom is 0.416 e. The first-order valence-corrected chi connectivity index (χ1v) is 10.7. The lowest BCUT2D eigenvalue weighted by Gasteiger charge is -2.38. The van der Waals surface area contributed by atoms with Crippen molar-refractivity contribution in [2.45, 2.75) is 32.4 Å². The van der Waals surface area contributed by atoms with Crippen LogP contribution >= 0.6 is 0 Å². The smallest absolute Gasteiger partial charge is 0.416 e. The molecule has 1 aromatic carbocycles. The van der Waals surface area contributed by atoms with Crippen molar-refractivity contribution in [3.63, 3.8) is 0 Å². The number of ether oxygens (including phenoxy) is 3. The molecule has 0 unspecified atom stereocenters. The number of hydrogen-bond donors (Lipinski definition) is 1. The van der Waals surface area contributed by atoms with Gasteiger partial charge in [-0.15, -0.1) is 0 Å². The molecule has 0 bridgehead atoms. The van der Waals surface area contributed by atoms with Crippen LogP contribution in [0.2, 0.25) is 0 Å². The molecule has 34 heavy (non-hydrogen) atoms. The number of alkyl halides is 3. The molecule has 2 aliphatic rings. The fourth-order valence-electron chi connectivity index (χ4n) is 4.44. The van der Waals surface area contributed by atoms with E-state index in [1.54, 1.807) is 13.8 Å². The Morgan fingerprint density at radius 3 is 2.32 bits per heavy atom. The van der Waals surface area contributed by atoms with E-state index in [1.807, 2.05) is 0 Å². The minimum atomic E-state index is -4.54. The summed E-state index contributed by atoms with van der Waals surface area (Å²) >= 11 is 0. The number of allylic oxidation sites excluding steroid dienone is 3. The monoisotopic (exact) mass is 481 g/mol. The summed E-state index contributed by atoms with van der Waals surface area (Å²) in [5.74, 6) is -4.45. The third-order valence-electron chi connectivity index (χ3n) is 6.05. The number of benzene rings is 1. The van der Waals surface area contributed by atoms with Crippen LogP contribution in [0.4, 0.5) is 13.2 Å². The zero-order valence-corrected chi connectivity index (χ0v) is 19.2. The normalized spacial score (nSPS) is 22.8. The number of Topliss-reactive ketones (excluding diaryl/α,β-unsaturated/α-hetero) is 1. The van der Waals surface area contributed by atoms with E-state index in [2.05, 4.69) is 5.32 Å². The van der Waals surface area contributed by atoms with E-state index >= 15 is 0 Å². The van der Waals surface area contributed by atoms with E-state index in [9.17, 15) is 27.6 Å². The van der Waals surface area contributed by atoms with Crippen molar-refractivity contribution in [3.8, 4) is 0 Å². The Kier molecular flexibility index (Phi) is 7.50. The minimum Gasteiger partial charge on any atom is -0.468 e. The van der Waals surface area contributed by atoms with Gasteiger partial charge in [0.25, 0.3) is 0 Å². The number of esters is 2. The summed E-state index contributed by atoms with van der Waals surface area (Å²) in [6, 6.07) is 4.26. The SMILES string of the molecule is COCCOC(=O)C1=C(C)NC2=C(C(=O)[C@H](C(=O)OC)[C@@H](C)C2)[C@H]1c1ccc(C(F)(F)F)cc1. The van der Waals surface area contributed by atoms with Crippen molar-refractivity contribution >= 4 is 17.7 Å². The topological polar surface area (TPSA) is 90.9 Å². The van der Waals surface area contributed by atoms with Crippen molar-refractivity contribution < 1.29 is 41.8 Å². The highest BCUT2D eigenvalue weighted by atomic mass is 19.4. The summed E-state index contributed by atoms with van der Waals surface area (Å²) in [7, 11) is 2.62. The number of dihydropyridines is 1. The van der Waals surface area contributed by atoms with Crippen LogP contribution in [0.15, 0.2) is 46.8 Å². The van der Waals surface area contributed by atoms with Gasteiger partial charge in [-0.3, -0.25) is 9.59 Å². The van der Waals surface area contributed by atoms with Gasteiger partial charge < -0.3 is 19.5 Å². The Morgan fingerprint density at radius 1 is 1.12 bits per heavy atom. The van der Waals surface area contributed by atoms with E-state index in [0.717, 1.165) is 12.1 Å². The van der Waals surface area contributed by atoms with Crippen LogP contribution in [0.25, 0.3) is 0 Å². The lowest BCUT2D eigenvalue weighted by Crippen LogP contribution is -2.43. The molecule has 0 fully saturated rings. The molecular weight excluding hydrogens is 455 g/mol. The second-order valence-electron chi connectivity index (χ2n) is 8.28. The van der Waals surface area contributed by atoms with Crippen LogP contribution in [-0.2, 0) is 34.8 Å². The van der Waals surface area contributed by atoms with E-state index < -0.39 is 41.3 Å². The highest BCUT2D eigenvalue weighted by molar-refractivity contribution is 6.12. The summed E-state index contributed by atoms with van der Waals surface area (Å²) < 4.78 is 54.4. The molecule has 3 atom stereocenters. The number of hydrogen-bond acceptors (Lipinski definition) is 7. The van der Waals surface area contributed by atoms with Crippen molar-refractivity contribution in [2.75, 3.05) is 27.4 Å². The van der Waals surface area contributed by atoms with Crippen molar-refractivity contribution in [1.29, 1.82) is 0 Å². The fraction of sp³-hybridized carbons (Fsp3) is 0.458. The Morgan fingerprint density at radius 2 is 1.76 bits per heavy atom. The summed E-state index contributed by atoms with van der Waals surface area (Å²) in [6.07, 6.45) is -4.22. The van der Waals surface area contributed by atoms with Gasteiger partial charge in [0.05, 0.1) is 24.9 Å². The first kappa shape index (κ1) is 25.5. The van der Waals surface area contributed by atoms with Crippen LogP contribution in [0, 0.1) is 11.8 Å². The molecule has 1 aliphatic carbocycles. The first-order valence-electron chi connectivity index (χ1n) is 10.7. The maximum absolute atomic E-state index is 13.5. The van der Waals surface area contributed by atoms with Crippen LogP contribution in [0.3, 0.4) is 0 Å². The quantitative estimate of drug-likeness (QED) is 0.378. The second kappa shape index (κ2) is 10.0. The predicted octanol–water partition coefficient (Wildman–Crippen LogP) is 3.51. The van der Waals surface area contributed by atoms with E-state index in [0.29, 0.717) is 23.4 Å². The first-order chi connectivity index (χ1) is 16.0. The lowest BCUT2D eigenvalue weighted by molar-refractivity contribution is -0.151. The van der Waals surface area contributed by atoms with Gasteiger partial charge in [-0.25, -0.2) is 4.79 Å². The summed E-state index contributed by atoms with van der Waals surface area (Å²) in [5.41, 5.74) is 0.613. The molecular formula is C24H26F3NO6. The largest absolute Gasteiger partial charge is 0.468 e. The van der Waals surface area contributed by atoms with Crippen LogP contribution < -0.4 is 5.32 Å². The average Bonchev–Trinajstić information content (AvgIpc) is 2.77. The molecule has 0 aromatic heterocycles. The molecule has 7 nitrogen and oxygen atoms in total. The highest BCUT2D eigenvalue weighted by Crippen LogP contribution is 2.45. The predicted molar refractivity (Wildman–Crippen MR) is 114 cm³/mol. The maximum atomic E-state index is 13.5. The molecule has 184 valence electrons. The molecule has 1 aromatic rings. The zero-order chi connectivity index (χ0) is 25.2. The lowest BCUT2D eigenvalue weighted by atomic mass is 9.69. The molecule has 1 heterocycles. The van der Waals surface area contributed by atoms with Gasteiger partial charge in [0.1, 0.15) is 12.5 Å². The average molecular weight is 481 g/mol. The Labute approximate surface area is 194 Å². The molecule has 3 rings (SSSR count). The number of carbonyl (C=O) groups is 3. The standard InChI is InChI=1S/C24H26F3NO6/c1-12-11-16-20(21(29)17(12)22(30)33-4)19(14-5-7-15(8-6-14)24(25,26)27)18(13(2)28-16)23(31)34-10-9-32-3/h5-8,12,17,19,28H,9-11H2,1-4H3/t12-,17+,19-/m0/s1. The number of halogens is 3. The van der Waals surface area contributed by atoms with E-state index in [-0.39, 0.29) is 30.3 Å². The molecule has 1 N–H and O–H groups in total. The van der Waals surface area contributed by atoms with Crippen LogP contribution in [-0.4, -0.2) is 45.2 Å². The molecule has 0 amide bonds. The molecule has 1 aliphatic heterocycles. The number of nitrogens with one attached hydrogen (secondary N) is 1. The minimum absolute atomic E-state index is 0.0481. The Bertz CT molecular complexity index is 1040. The van der Waals surface area contributed by atoms with E-state index in [4.69, 9.17) is 14.2 Å². The molecule has 0 saturated heterocycles. The Balaban J connectivity index is 2.13. The molecule has 0 saturated carbocycles. The van der Waals surface area contributed by atoms with Gasteiger partial charge in [-0.05, 0) is 37.0 Å². The molecule has 0 radical (unpaired) electrons. The summed E-state index contributed by atoms with van der Waals surface area (Å²) in [6.45, 7) is 3.47. The van der Waals surface area contributed by atoms with Gasteiger partial charge in [0.15, 0.2) is 5.78 Å². The molecule has 0 spiro atoms. The third-order valence-corrected chi connectivity index (χ3v) is 6.05. The van der Waals surface area contributed by atoms with E-state index in [1.165, 1.54) is 26.4 Å². The second-order valence-corrected chi connectivity index (χ2v) is 8.28. The highest BCUT2D eigenvalue weighted by Gasteiger charge is 2.47. The number of methoxy groups -OCH3 is 2. The summed E-state index contributed by atoms with van der Waals surface area (Å²) in [5, 5.41) is 3.09. The van der Waals surface area contributed by atoms with Crippen molar-refractivity contribution in [3.05, 3.63) is 57.9 Å². The Hall–Kier alpha value is -3.14. The third kappa shape index (κ3) is 4.86. The van der Waals surface area contributed by atoms with Crippen molar-refractivity contribution in [1.82, 2.24) is 5.32 Å². The zero-order valence-electron chi connectivity index (χ0n) is 19.2. The molecule has 10 heteroatoms. The number of rotatable bonds is 6. The van der Waals surface area contributed by atoms with Gasteiger partial charge in [0.2, 0.25) is 0 Å². The van der Waals surface area contributed by atoms with Gasteiger partial charge in [-0.1, -0.05) is 19.1 Å². The van der Waals surface area contributed by atoms with Gasteiger partial charge >= 0.3 is 18.1 Å². The van der Waals surface area contributed by atoms with Crippen LogP contribution in [0.5, 0.6) is 0 Å². The van der Waals surface area contributed by atoms with Gasteiger partial charge in [-0.2, -0.15) is 13.2 Å². The number of carbonyl (C=O) groups excluding carboxylic acids is 3. The fourth-order valence-corrected chi connectivity index (χ4v) is 4.44. The van der Waals surface area contributed by atoms with Crippen LogP contribution in [0.1, 0.15) is 37.3 Å². The summed E-state index contributed by atoms with van der Waals surface area (Å²) in [4.78, 5) is 39.0. The number of ketones is 1. The van der Waals surface area contributed by atoms with Crippen molar-refractivity contribution in [2.24, 2.45) is 11.8 Å².